The van der Waals surface area contributed by atoms with Gasteiger partial charge in [-0.1, -0.05) is 0 Å². The molecule has 0 radical (unpaired) electrons. The maximum atomic E-state index is 9.02. The lowest BCUT2D eigenvalue weighted by Crippen LogP contribution is -2.36. The minimum absolute atomic E-state index is 0.333. The monoisotopic (exact) mass is 220 g/mol. The van der Waals surface area contributed by atoms with E-state index in [0.29, 0.717) is 0 Å². The Bertz CT molecular complexity index is 110. The Morgan fingerprint density at radius 2 is 1.64 bits per heavy atom. The fourth-order valence-electron chi connectivity index (χ4n) is 0.566. The maximum Gasteiger partial charge on any atom is 0.0949 e. The van der Waals surface area contributed by atoms with Crippen LogP contribution < -0.4 is 0 Å². The average Bonchev–Trinajstić information content (AvgIpc) is 2.00. The van der Waals surface area contributed by atoms with Crippen molar-refractivity contribution in [3.8, 4) is 0 Å². The summed E-state index contributed by atoms with van der Waals surface area (Å²) in [5.41, 5.74) is 0. The van der Waals surface area contributed by atoms with E-state index in [2.05, 4.69) is 0 Å². The highest BCUT2D eigenvalue weighted by atomic mass is 35.5. The van der Waals surface area contributed by atoms with Crippen LogP contribution in [0.15, 0.2) is 0 Å². The van der Waals surface area contributed by atoms with Crippen LogP contribution in [0.3, 0.4) is 0 Å². The number of rotatable bonds is 4. The molecular weight excluding hydrogens is 210 g/mol. The standard InChI is InChI=1S/C6H11Cl3O2/c1-3(7)5(8)6(9)4(11)2-10/h3-6,10-11H,2H2,1H3/t3-,4-,5+,6+/m1/s1. The molecule has 0 aliphatic rings. The van der Waals surface area contributed by atoms with Gasteiger partial charge in [-0.2, -0.15) is 0 Å². The van der Waals surface area contributed by atoms with Crippen LogP contribution in [0.4, 0.5) is 0 Å². The molecule has 0 spiro atoms. The zero-order valence-electron chi connectivity index (χ0n) is 6.04. The smallest absolute Gasteiger partial charge is 0.0949 e. The van der Waals surface area contributed by atoms with Gasteiger partial charge in [-0.3, -0.25) is 0 Å². The first kappa shape index (κ1) is 11.8. The molecular formula is C6H11Cl3O2. The van der Waals surface area contributed by atoms with Crippen LogP contribution in [0.2, 0.25) is 0 Å². The van der Waals surface area contributed by atoms with Crippen LogP contribution in [0.1, 0.15) is 6.92 Å². The highest BCUT2D eigenvalue weighted by Crippen LogP contribution is 2.20. The lowest BCUT2D eigenvalue weighted by Gasteiger charge is -2.21. The quantitative estimate of drug-likeness (QED) is 0.700. The summed E-state index contributed by atoms with van der Waals surface area (Å²) in [6.45, 7) is 1.28. The van der Waals surface area contributed by atoms with E-state index in [-0.39, 0.29) is 5.38 Å². The van der Waals surface area contributed by atoms with Crippen LogP contribution in [0, 0.1) is 0 Å². The predicted molar refractivity (Wildman–Crippen MR) is 47.7 cm³/mol. The summed E-state index contributed by atoms with van der Waals surface area (Å²) in [4.78, 5) is 0. The molecule has 5 heteroatoms. The van der Waals surface area contributed by atoms with Gasteiger partial charge in [-0.15, -0.1) is 34.8 Å². The molecule has 0 bridgehead atoms. The van der Waals surface area contributed by atoms with Gasteiger partial charge in [-0.05, 0) is 6.92 Å². The van der Waals surface area contributed by atoms with Crippen molar-refractivity contribution in [2.24, 2.45) is 0 Å². The molecule has 0 aliphatic carbocycles. The molecule has 0 aliphatic heterocycles. The number of hydrogen-bond donors (Lipinski definition) is 2. The maximum absolute atomic E-state index is 9.02. The second kappa shape index (κ2) is 5.44. The third kappa shape index (κ3) is 3.81. The highest BCUT2D eigenvalue weighted by Gasteiger charge is 2.27. The molecule has 0 fully saturated rings. The Labute approximate surface area is 81.1 Å². The summed E-state index contributed by atoms with van der Waals surface area (Å²) < 4.78 is 0. The summed E-state index contributed by atoms with van der Waals surface area (Å²) in [6.07, 6.45) is -1.01. The van der Waals surface area contributed by atoms with Crippen LogP contribution in [0.25, 0.3) is 0 Å². The molecule has 2 N–H and O–H groups in total. The number of aliphatic hydroxyl groups is 2. The fourth-order valence-corrected chi connectivity index (χ4v) is 1.26. The Morgan fingerprint density at radius 3 is 1.91 bits per heavy atom. The van der Waals surface area contributed by atoms with Crippen LogP contribution in [-0.2, 0) is 0 Å². The van der Waals surface area contributed by atoms with Gasteiger partial charge in [0.15, 0.2) is 0 Å². The normalized spacial score (nSPS) is 22.4. The van der Waals surface area contributed by atoms with Crippen molar-refractivity contribution in [1.82, 2.24) is 0 Å². The van der Waals surface area contributed by atoms with E-state index < -0.39 is 23.5 Å². The molecule has 0 saturated heterocycles. The van der Waals surface area contributed by atoms with Crippen molar-refractivity contribution in [2.45, 2.75) is 29.2 Å². The van der Waals surface area contributed by atoms with Crippen molar-refractivity contribution in [2.75, 3.05) is 6.61 Å². The topological polar surface area (TPSA) is 40.5 Å². The molecule has 4 atom stereocenters. The minimum atomic E-state index is -1.01. The van der Waals surface area contributed by atoms with Crippen molar-refractivity contribution in [3.05, 3.63) is 0 Å². The van der Waals surface area contributed by atoms with Gasteiger partial charge in [0.1, 0.15) is 0 Å². The second-order valence-electron chi connectivity index (χ2n) is 2.32. The first-order valence-electron chi connectivity index (χ1n) is 3.21. The van der Waals surface area contributed by atoms with Gasteiger partial charge < -0.3 is 10.2 Å². The van der Waals surface area contributed by atoms with Gasteiger partial charge in [-0.25, -0.2) is 0 Å². The third-order valence-electron chi connectivity index (χ3n) is 1.30. The Morgan fingerprint density at radius 1 is 1.18 bits per heavy atom. The molecule has 0 saturated carbocycles. The van der Waals surface area contributed by atoms with E-state index in [9.17, 15) is 0 Å². The number of aliphatic hydroxyl groups excluding tert-OH is 2. The summed E-state index contributed by atoms with van der Waals surface area (Å²) in [5, 5.41) is 15.9. The van der Waals surface area contributed by atoms with E-state index in [1.165, 1.54) is 0 Å². The first-order chi connectivity index (χ1) is 5.00. The predicted octanol–water partition coefficient (Wildman–Crippen LogP) is 1.18. The van der Waals surface area contributed by atoms with E-state index in [1.807, 2.05) is 0 Å². The number of halogens is 3. The fraction of sp³-hybridized carbons (Fsp3) is 1.00. The number of alkyl halides is 3. The van der Waals surface area contributed by atoms with E-state index in [1.54, 1.807) is 6.92 Å². The van der Waals surface area contributed by atoms with Crippen molar-refractivity contribution < 1.29 is 10.2 Å². The molecule has 0 aromatic heterocycles. The zero-order chi connectivity index (χ0) is 9.02. The zero-order valence-corrected chi connectivity index (χ0v) is 8.31. The average molecular weight is 222 g/mol. The molecule has 2 nitrogen and oxygen atoms in total. The molecule has 0 amide bonds. The molecule has 0 unspecified atom stereocenters. The summed E-state index contributed by atoms with van der Waals surface area (Å²) >= 11 is 17.0. The Balaban J connectivity index is 3.90. The third-order valence-corrected chi connectivity index (χ3v) is 3.04. The SMILES string of the molecule is C[C@@H](Cl)[C@H](Cl)[C@@H](Cl)[C@H](O)CO. The van der Waals surface area contributed by atoms with Crippen LogP contribution in [-0.4, -0.2) is 39.1 Å². The van der Waals surface area contributed by atoms with E-state index in [4.69, 9.17) is 45.0 Å². The second-order valence-corrected chi connectivity index (χ2v) is 4.01. The Hall–Kier alpha value is 0.790. The first-order valence-corrected chi connectivity index (χ1v) is 4.52. The van der Waals surface area contributed by atoms with Crippen molar-refractivity contribution in [1.29, 1.82) is 0 Å². The van der Waals surface area contributed by atoms with Crippen LogP contribution in [0.5, 0.6) is 0 Å². The van der Waals surface area contributed by atoms with Crippen LogP contribution >= 0.6 is 34.8 Å². The molecule has 68 valence electrons. The largest absolute Gasteiger partial charge is 0.394 e. The minimum Gasteiger partial charge on any atom is -0.394 e. The lowest BCUT2D eigenvalue weighted by atomic mass is 10.1. The molecule has 0 heterocycles. The van der Waals surface area contributed by atoms with Gasteiger partial charge >= 0.3 is 0 Å². The van der Waals surface area contributed by atoms with Gasteiger partial charge in [0.25, 0.3) is 0 Å². The molecule has 0 rings (SSSR count). The summed E-state index contributed by atoms with van der Waals surface area (Å²) in [6, 6.07) is 0. The molecule has 11 heavy (non-hydrogen) atoms. The molecule has 0 aromatic carbocycles. The Kier molecular flexibility index (Phi) is 5.83. The van der Waals surface area contributed by atoms with E-state index >= 15 is 0 Å². The van der Waals surface area contributed by atoms with Gasteiger partial charge in [0.05, 0.1) is 23.5 Å². The van der Waals surface area contributed by atoms with Gasteiger partial charge in [0, 0.05) is 5.38 Å². The summed E-state index contributed by atoms with van der Waals surface area (Å²) in [7, 11) is 0. The lowest BCUT2D eigenvalue weighted by molar-refractivity contribution is 0.0904. The highest BCUT2D eigenvalue weighted by molar-refractivity contribution is 6.35. The van der Waals surface area contributed by atoms with Crippen molar-refractivity contribution in [3.63, 3.8) is 0 Å². The van der Waals surface area contributed by atoms with Gasteiger partial charge in [0.2, 0.25) is 0 Å². The van der Waals surface area contributed by atoms with Crippen molar-refractivity contribution >= 4 is 34.8 Å². The molecule has 0 aromatic rings. The number of hydrogen-bond acceptors (Lipinski definition) is 2. The van der Waals surface area contributed by atoms with E-state index in [0.717, 1.165) is 0 Å². The summed E-state index contributed by atoms with van der Waals surface area (Å²) in [5.74, 6) is 0.